The lowest BCUT2D eigenvalue weighted by Gasteiger charge is -2.12. The van der Waals surface area contributed by atoms with Gasteiger partial charge in [0, 0.05) is 29.1 Å². The maximum absolute atomic E-state index is 14.5. The Kier molecular flexibility index (Phi) is 5.08. The zero-order valence-corrected chi connectivity index (χ0v) is 14.5. The Balaban J connectivity index is 2.20. The van der Waals surface area contributed by atoms with Crippen LogP contribution in [-0.2, 0) is 0 Å². The number of fused-ring (bicyclic) bond motifs is 1. The Hall–Kier alpha value is -2.68. The van der Waals surface area contributed by atoms with Gasteiger partial charge in [-0.25, -0.2) is 23.1 Å². The molecule has 3 aromatic rings. The maximum Gasteiger partial charge on any atom is 0.275 e. The lowest BCUT2D eigenvalue weighted by atomic mass is 10.0. The van der Waals surface area contributed by atoms with Gasteiger partial charge in [0.05, 0.1) is 21.8 Å². The van der Waals surface area contributed by atoms with Gasteiger partial charge in [-0.2, -0.15) is 0 Å². The number of aromatic nitrogens is 2. The maximum atomic E-state index is 14.5. The fourth-order valence-corrected chi connectivity index (χ4v) is 3.27. The Morgan fingerprint density at radius 2 is 2.08 bits per heavy atom. The van der Waals surface area contributed by atoms with Crippen molar-refractivity contribution in [3.8, 4) is 11.3 Å². The number of nitrogens with zero attached hydrogens (tertiary/aromatic N) is 2. The highest BCUT2D eigenvalue weighted by atomic mass is 32.1. The van der Waals surface area contributed by atoms with E-state index in [0.717, 1.165) is 23.8 Å². The number of pyridine rings is 1. The van der Waals surface area contributed by atoms with E-state index in [-0.39, 0.29) is 32.9 Å². The molecule has 5 nitrogen and oxygen atoms in total. The second-order valence-corrected chi connectivity index (χ2v) is 6.41. The van der Waals surface area contributed by atoms with Crippen molar-refractivity contribution in [3.05, 3.63) is 40.2 Å². The van der Waals surface area contributed by atoms with E-state index in [1.54, 1.807) is 0 Å². The largest absolute Gasteiger partial charge is 0.396 e. The number of rotatable bonds is 5. The first-order valence-electron chi connectivity index (χ1n) is 7.82. The zero-order valence-electron chi connectivity index (χ0n) is 13.7. The van der Waals surface area contributed by atoms with Crippen LogP contribution in [0.25, 0.3) is 22.0 Å². The van der Waals surface area contributed by atoms with Gasteiger partial charge in [-0.15, -0.1) is 11.3 Å². The fourth-order valence-electron chi connectivity index (χ4n) is 2.63. The molecular formula is C17H15F3N4OS. The second kappa shape index (κ2) is 7.28. The van der Waals surface area contributed by atoms with Crippen LogP contribution in [0.2, 0.25) is 0 Å². The van der Waals surface area contributed by atoms with E-state index in [2.05, 4.69) is 15.3 Å². The number of alkyl halides is 2. The molecule has 0 atom stereocenters. The molecule has 3 rings (SSSR count). The zero-order chi connectivity index (χ0) is 18.8. The average molecular weight is 380 g/mol. The fraction of sp³-hybridized carbons (Fsp3) is 0.235. The summed E-state index contributed by atoms with van der Waals surface area (Å²) in [5, 5.41) is 3.24. The smallest absolute Gasteiger partial charge is 0.275 e. The summed E-state index contributed by atoms with van der Waals surface area (Å²) in [5.74, 6) is -1.16. The minimum absolute atomic E-state index is 0.0101. The van der Waals surface area contributed by atoms with E-state index in [0.29, 0.717) is 11.9 Å². The van der Waals surface area contributed by atoms with Crippen LogP contribution >= 0.6 is 11.3 Å². The number of nitrogen functional groups attached to an aromatic ring is 1. The Labute approximate surface area is 151 Å². The van der Waals surface area contributed by atoms with Gasteiger partial charge in [0.25, 0.3) is 12.3 Å². The van der Waals surface area contributed by atoms with Gasteiger partial charge in [-0.05, 0) is 18.6 Å². The van der Waals surface area contributed by atoms with E-state index >= 15 is 0 Å². The molecule has 1 aromatic carbocycles. The van der Waals surface area contributed by atoms with Crippen molar-refractivity contribution in [3.63, 3.8) is 0 Å². The number of thiazole rings is 1. The molecule has 0 spiro atoms. The highest BCUT2D eigenvalue weighted by molar-refractivity contribution is 7.10. The molecular weight excluding hydrogens is 365 g/mol. The summed E-state index contributed by atoms with van der Waals surface area (Å²) in [6, 6.07) is 2.52. The first kappa shape index (κ1) is 18.1. The van der Waals surface area contributed by atoms with Crippen LogP contribution in [0.5, 0.6) is 0 Å². The molecule has 0 unspecified atom stereocenters. The summed E-state index contributed by atoms with van der Waals surface area (Å²) < 4.78 is 40.9. The number of halogens is 3. The van der Waals surface area contributed by atoms with Crippen LogP contribution in [0.1, 0.15) is 35.1 Å². The molecule has 0 saturated heterocycles. The highest BCUT2D eigenvalue weighted by Crippen LogP contribution is 2.39. The van der Waals surface area contributed by atoms with Crippen LogP contribution in [0.15, 0.2) is 23.8 Å². The summed E-state index contributed by atoms with van der Waals surface area (Å²) in [6.07, 6.45) is -0.773. The minimum Gasteiger partial charge on any atom is -0.396 e. The molecule has 2 aromatic heterocycles. The molecule has 3 N–H and O–H groups in total. The molecule has 136 valence electrons. The van der Waals surface area contributed by atoms with E-state index in [1.165, 1.54) is 17.8 Å². The number of nitrogens with two attached hydrogens (primary N) is 1. The molecule has 0 radical (unpaired) electrons. The van der Waals surface area contributed by atoms with E-state index in [1.807, 2.05) is 6.92 Å². The van der Waals surface area contributed by atoms with Crippen molar-refractivity contribution in [2.24, 2.45) is 0 Å². The number of carbonyl (C=O) groups excluding carboxylic acids is 1. The minimum atomic E-state index is -2.78. The molecule has 26 heavy (non-hydrogen) atoms. The Bertz CT molecular complexity index is 974. The first-order chi connectivity index (χ1) is 12.5. The number of nitrogens with one attached hydrogen (secondary N) is 1. The van der Waals surface area contributed by atoms with Gasteiger partial charge in [-0.3, -0.25) is 4.79 Å². The molecule has 0 aliphatic heterocycles. The SMILES string of the molecule is CCCNC(=O)c1ncc2c(-c3ncsc3C(F)F)c(F)ccc2c1N. The quantitative estimate of drug-likeness (QED) is 0.697. The average Bonchev–Trinajstić information content (AvgIpc) is 3.09. The van der Waals surface area contributed by atoms with Crippen LogP contribution in [0.3, 0.4) is 0 Å². The van der Waals surface area contributed by atoms with Crippen molar-refractivity contribution in [2.75, 3.05) is 12.3 Å². The van der Waals surface area contributed by atoms with Gasteiger partial charge in [0.1, 0.15) is 5.82 Å². The van der Waals surface area contributed by atoms with Crippen molar-refractivity contribution in [1.82, 2.24) is 15.3 Å². The van der Waals surface area contributed by atoms with Gasteiger partial charge < -0.3 is 11.1 Å². The predicted octanol–water partition coefficient (Wildman–Crippen LogP) is 4.16. The molecule has 9 heteroatoms. The lowest BCUT2D eigenvalue weighted by molar-refractivity contribution is 0.0950. The summed E-state index contributed by atoms with van der Waals surface area (Å²) in [4.78, 5) is 19.7. The van der Waals surface area contributed by atoms with Crippen molar-refractivity contribution < 1.29 is 18.0 Å². The van der Waals surface area contributed by atoms with Crippen LogP contribution in [0, 0.1) is 5.82 Å². The van der Waals surface area contributed by atoms with Crippen LogP contribution in [-0.4, -0.2) is 22.4 Å². The number of carbonyl (C=O) groups is 1. The van der Waals surface area contributed by atoms with Gasteiger partial charge in [0.2, 0.25) is 0 Å². The molecule has 0 saturated carbocycles. The molecule has 1 amide bonds. The Morgan fingerprint density at radius 3 is 2.77 bits per heavy atom. The topological polar surface area (TPSA) is 80.9 Å². The van der Waals surface area contributed by atoms with E-state index < -0.39 is 18.1 Å². The number of hydrogen-bond acceptors (Lipinski definition) is 5. The van der Waals surface area contributed by atoms with E-state index in [9.17, 15) is 18.0 Å². The van der Waals surface area contributed by atoms with Crippen LogP contribution < -0.4 is 11.1 Å². The normalized spacial score (nSPS) is 11.3. The third-order valence-corrected chi connectivity index (χ3v) is 4.68. The third kappa shape index (κ3) is 3.10. The van der Waals surface area contributed by atoms with E-state index in [4.69, 9.17) is 5.73 Å². The van der Waals surface area contributed by atoms with Crippen LogP contribution in [0.4, 0.5) is 18.9 Å². The molecule has 0 fully saturated rings. The molecule has 0 aliphatic rings. The lowest BCUT2D eigenvalue weighted by Crippen LogP contribution is -2.26. The standard InChI is InChI=1S/C17H15F3N4OS/c1-2-5-22-17(25)14-12(21)8-3-4-10(18)11(9(8)6-23-14)13-15(16(19)20)26-7-24-13/h3-4,6-7,16H,2,5,21H2,1H3,(H,22,25). The second-order valence-electron chi connectivity index (χ2n) is 5.53. The molecule has 0 bridgehead atoms. The van der Waals surface area contributed by atoms with Gasteiger partial charge in [-0.1, -0.05) is 6.92 Å². The molecule has 0 aliphatic carbocycles. The number of benzene rings is 1. The number of amides is 1. The summed E-state index contributed by atoms with van der Waals surface area (Å²) in [5.41, 5.74) is 7.12. The first-order valence-corrected chi connectivity index (χ1v) is 8.70. The predicted molar refractivity (Wildman–Crippen MR) is 94.8 cm³/mol. The Morgan fingerprint density at radius 1 is 1.31 bits per heavy atom. The van der Waals surface area contributed by atoms with Gasteiger partial charge >= 0.3 is 0 Å². The summed E-state index contributed by atoms with van der Waals surface area (Å²) in [7, 11) is 0. The summed E-state index contributed by atoms with van der Waals surface area (Å²) in [6.45, 7) is 2.37. The van der Waals surface area contributed by atoms with Crippen molar-refractivity contribution in [2.45, 2.75) is 19.8 Å². The monoisotopic (exact) mass is 380 g/mol. The van der Waals surface area contributed by atoms with Gasteiger partial charge in [0.15, 0.2) is 5.69 Å². The summed E-state index contributed by atoms with van der Waals surface area (Å²) >= 11 is 0.748. The highest BCUT2D eigenvalue weighted by Gasteiger charge is 2.24. The number of anilines is 1. The van der Waals surface area contributed by atoms with Crippen molar-refractivity contribution in [1.29, 1.82) is 0 Å². The van der Waals surface area contributed by atoms with Crippen molar-refractivity contribution >= 4 is 33.7 Å². The molecule has 2 heterocycles. The third-order valence-electron chi connectivity index (χ3n) is 3.84. The number of hydrogen-bond donors (Lipinski definition) is 2.